The SMILES string of the molecule is Cc1ccc(C2C(c3ccccn3)NC(=S)N2c2ccc(N(C)C)cc2)n1C. The van der Waals surface area contributed by atoms with Gasteiger partial charge in [-0.25, -0.2) is 0 Å². The number of thiocarbonyl (C=S) groups is 1. The molecule has 3 aromatic rings. The Morgan fingerprint density at radius 2 is 1.79 bits per heavy atom. The van der Waals surface area contributed by atoms with Gasteiger partial charge in [0.1, 0.15) is 6.04 Å². The minimum absolute atomic E-state index is 0.0183. The molecule has 1 aromatic carbocycles. The van der Waals surface area contributed by atoms with Crippen molar-refractivity contribution in [2.45, 2.75) is 19.0 Å². The number of pyridine rings is 1. The number of hydrogen-bond acceptors (Lipinski definition) is 3. The van der Waals surface area contributed by atoms with Gasteiger partial charge < -0.3 is 19.7 Å². The second-order valence-corrected chi connectivity index (χ2v) is 7.75. The number of aryl methyl sites for hydroxylation is 1. The lowest BCUT2D eigenvalue weighted by Crippen LogP contribution is -2.30. The summed E-state index contributed by atoms with van der Waals surface area (Å²) in [6, 6.07) is 18.9. The highest BCUT2D eigenvalue weighted by Gasteiger charge is 2.41. The molecule has 1 N–H and O–H groups in total. The Kier molecular flexibility index (Phi) is 4.81. The topological polar surface area (TPSA) is 36.3 Å². The Morgan fingerprint density at radius 3 is 2.36 bits per heavy atom. The minimum Gasteiger partial charge on any atom is -0.378 e. The number of hydrogen-bond donors (Lipinski definition) is 1. The number of benzene rings is 1. The first-order chi connectivity index (χ1) is 13.5. The van der Waals surface area contributed by atoms with Crippen LogP contribution < -0.4 is 15.1 Å². The molecule has 0 radical (unpaired) electrons. The smallest absolute Gasteiger partial charge is 0.174 e. The normalized spacial score (nSPS) is 19.0. The molecule has 0 spiro atoms. The van der Waals surface area contributed by atoms with Gasteiger partial charge in [0.2, 0.25) is 0 Å². The third-order valence-corrected chi connectivity index (χ3v) is 5.77. The highest BCUT2D eigenvalue weighted by molar-refractivity contribution is 7.80. The molecule has 0 saturated carbocycles. The van der Waals surface area contributed by atoms with Crippen LogP contribution >= 0.6 is 12.2 Å². The van der Waals surface area contributed by atoms with Crippen LogP contribution in [0, 0.1) is 6.92 Å². The Hall–Kier alpha value is -2.86. The second kappa shape index (κ2) is 7.28. The summed E-state index contributed by atoms with van der Waals surface area (Å²) in [5.74, 6) is 0. The van der Waals surface area contributed by atoms with Gasteiger partial charge in [-0.3, -0.25) is 4.98 Å². The van der Waals surface area contributed by atoms with Crippen LogP contribution in [0.25, 0.3) is 0 Å². The van der Waals surface area contributed by atoms with Gasteiger partial charge in [-0.05, 0) is 67.7 Å². The second-order valence-electron chi connectivity index (χ2n) is 7.37. The van der Waals surface area contributed by atoms with Crippen molar-refractivity contribution in [3.8, 4) is 0 Å². The van der Waals surface area contributed by atoms with Crippen LogP contribution in [0.4, 0.5) is 11.4 Å². The quantitative estimate of drug-likeness (QED) is 0.681. The van der Waals surface area contributed by atoms with E-state index in [1.165, 1.54) is 11.4 Å². The van der Waals surface area contributed by atoms with Crippen LogP contribution in [0.15, 0.2) is 60.8 Å². The summed E-state index contributed by atoms with van der Waals surface area (Å²) in [6.45, 7) is 2.12. The molecule has 4 rings (SSSR count). The fraction of sp³-hybridized carbons (Fsp3) is 0.273. The fourth-order valence-corrected chi connectivity index (χ4v) is 4.12. The molecule has 0 amide bonds. The van der Waals surface area contributed by atoms with Gasteiger partial charge in [-0.2, -0.15) is 0 Å². The van der Waals surface area contributed by atoms with Crippen molar-refractivity contribution >= 4 is 28.7 Å². The van der Waals surface area contributed by atoms with E-state index in [1.807, 2.05) is 32.4 Å². The maximum Gasteiger partial charge on any atom is 0.174 e. The average Bonchev–Trinajstić information content (AvgIpc) is 3.22. The van der Waals surface area contributed by atoms with E-state index in [-0.39, 0.29) is 12.1 Å². The summed E-state index contributed by atoms with van der Waals surface area (Å²) < 4.78 is 2.23. The molecule has 1 saturated heterocycles. The molecule has 1 aliphatic heterocycles. The van der Waals surface area contributed by atoms with Gasteiger partial charge in [0.05, 0.1) is 11.7 Å². The van der Waals surface area contributed by atoms with Crippen LogP contribution in [-0.4, -0.2) is 28.8 Å². The predicted molar refractivity (Wildman–Crippen MR) is 119 cm³/mol. The van der Waals surface area contributed by atoms with E-state index in [0.717, 1.165) is 22.2 Å². The third-order valence-electron chi connectivity index (χ3n) is 5.46. The van der Waals surface area contributed by atoms with Crippen molar-refractivity contribution in [1.29, 1.82) is 0 Å². The Labute approximate surface area is 171 Å². The fourth-order valence-electron chi connectivity index (χ4n) is 3.78. The molecular weight excluding hydrogens is 366 g/mol. The summed E-state index contributed by atoms with van der Waals surface area (Å²) in [7, 11) is 6.20. The zero-order valence-corrected chi connectivity index (χ0v) is 17.4. The molecule has 1 aliphatic rings. The van der Waals surface area contributed by atoms with Crippen molar-refractivity contribution in [2.75, 3.05) is 23.9 Å². The first kappa shape index (κ1) is 18.5. The van der Waals surface area contributed by atoms with Gasteiger partial charge in [0.25, 0.3) is 0 Å². The van der Waals surface area contributed by atoms with Crippen molar-refractivity contribution < 1.29 is 0 Å². The lowest BCUT2D eigenvalue weighted by molar-refractivity contribution is 0.539. The lowest BCUT2D eigenvalue weighted by atomic mass is 10.0. The largest absolute Gasteiger partial charge is 0.378 e. The summed E-state index contributed by atoms with van der Waals surface area (Å²) in [4.78, 5) is 8.92. The molecule has 0 bridgehead atoms. The van der Waals surface area contributed by atoms with E-state index < -0.39 is 0 Å². The minimum atomic E-state index is -0.0183. The standard InChI is InChI=1S/C22H25N5S/c1-15-8-13-19(26(15)4)21-20(18-7-5-6-14-23-18)24-22(28)27(21)17-11-9-16(10-12-17)25(2)3/h5-14,20-21H,1-4H3,(H,24,28). The third kappa shape index (κ3) is 3.14. The zero-order valence-electron chi connectivity index (χ0n) is 16.6. The lowest BCUT2D eigenvalue weighted by Gasteiger charge is -2.29. The molecular formula is C22H25N5S. The first-order valence-corrected chi connectivity index (χ1v) is 9.78. The molecule has 0 aliphatic carbocycles. The van der Waals surface area contributed by atoms with Gasteiger partial charge in [0.15, 0.2) is 5.11 Å². The molecule has 28 heavy (non-hydrogen) atoms. The van der Waals surface area contributed by atoms with E-state index in [2.05, 4.69) is 81.1 Å². The van der Waals surface area contributed by atoms with Crippen LogP contribution in [0.3, 0.4) is 0 Å². The summed E-state index contributed by atoms with van der Waals surface area (Å²) in [5.41, 5.74) is 5.65. The molecule has 1 fully saturated rings. The highest BCUT2D eigenvalue weighted by atomic mass is 32.1. The monoisotopic (exact) mass is 391 g/mol. The maximum absolute atomic E-state index is 5.78. The zero-order chi connectivity index (χ0) is 19.8. The number of anilines is 2. The van der Waals surface area contributed by atoms with E-state index in [0.29, 0.717) is 0 Å². The number of nitrogens with zero attached hydrogens (tertiary/aromatic N) is 4. The maximum atomic E-state index is 5.78. The highest BCUT2D eigenvalue weighted by Crippen LogP contribution is 2.42. The first-order valence-electron chi connectivity index (χ1n) is 9.37. The number of aromatic nitrogens is 2. The van der Waals surface area contributed by atoms with Crippen molar-refractivity contribution in [3.63, 3.8) is 0 Å². The van der Waals surface area contributed by atoms with E-state index in [4.69, 9.17) is 12.2 Å². The average molecular weight is 392 g/mol. The van der Waals surface area contributed by atoms with Crippen LogP contribution in [0.2, 0.25) is 0 Å². The van der Waals surface area contributed by atoms with Crippen LogP contribution in [0.1, 0.15) is 29.2 Å². The van der Waals surface area contributed by atoms with Gasteiger partial charge in [-0.1, -0.05) is 6.07 Å². The Bertz CT molecular complexity index is 978. The van der Waals surface area contributed by atoms with Crippen LogP contribution in [0.5, 0.6) is 0 Å². The Balaban J connectivity index is 1.81. The van der Waals surface area contributed by atoms with Crippen molar-refractivity contribution in [3.05, 3.63) is 77.9 Å². The molecule has 2 unspecified atom stereocenters. The Morgan fingerprint density at radius 1 is 1.04 bits per heavy atom. The molecule has 2 aromatic heterocycles. The molecule has 5 nitrogen and oxygen atoms in total. The molecule has 144 valence electrons. The van der Waals surface area contributed by atoms with Crippen LogP contribution in [-0.2, 0) is 7.05 Å². The molecule has 2 atom stereocenters. The van der Waals surface area contributed by atoms with E-state index in [9.17, 15) is 0 Å². The molecule has 3 heterocycles. The summed E-state index contributed by atoms with van der Waals surface area (Å²) in [5, 5.41) is 4.23. The van der Waals surface area contributed by atoms with E-state index >= 15 is 0 Å². The van der Waals surface area contributed by atoms with E-state index in [1.54, 1.807) is 0 Å². The summed E-state index contributed by atoms with van der Waals surface area (Å²) in [6.07, 6.45) is 1.84. The number of rotatable bonds is 4. The predicted octanol–water partition coefficient (Wildman–Crippen LogP) is 3.97. The van der Waals surface area contributed by atoms with Crippen molar-refractivity contribution in [2.24, 2.45) is 7.05 Å². The number of nitrogens with one attached hydrogen (secondary N) is 1. The van der Waals surface area contributed by atoms with Gasteiger partial charge in [0, 0.05) is 50.1 Å². The van der Waals surface area contributed by atoms with Crippen molar-refractivity contribution in [1.82, 2.24) is 14.9 Å². The molecule has 6 heteroatoms. The van der Waals surface area contributed by atoms with Gasteiger partial charge in [-0.15, -0.1) is 0 Å². The van der Waals surface area contributed by atoms with Gasteiger partial charge >= 0.3 is 0 Å². The summed E-state index contributed by atoms with van der Waals surface area (Å²) >= 11 is 5.78.